The van der Waals surface area contributed by atoms with Gasteiger partial charge in [0.2, 0.25) is 5.91 Å². The summed E-state index contributed by atoms with van der Waals surface area (Å²) in [4.78, 5) is 11.5. The van der Waals surface area contributed by atoms with E-state index in [0.717, 1.165) is 13.0 Å². The van der Waals surface area contributed by atoms with Crippen LogP contribution in [-0.4, -0.2) is 12.5 Å². The monoisotopic (exact) mass is 179 g/mol. The molecular formula is C9H9NOS. The lowest BCUT2D eigenvalue weighted by atomic mass is 9.98. The molecule has 0 spiro atoms. The summed E-state index contributed by atoms with van der Waals surface area (Å²) >= 11 is 1.67. The van der Waals surface area contributed by atoms with Gasteiger partial charge in [-0.05, 0) is 34.7 Å². The Morgan fingerprint density at radius 3 is 3.08 bits per heavy atom. The van der Waals surface area contributed by atoms with Crippen LogP contribution in [0.25, 0.3) is 0 Å². The largest absolute Gasteiger partial charge is 0.355 e. The molecule has 1 saturated carbocycles. The Labute approximate surface area is 74.6 Å². The summed E-state index contributed by atoms with van der Waals surface area (Å²) in [5.41, 5.74) is 1.13. The topological polar surface area (TPSA) is 29.1 Å². The fourth-order valence-corrected chi connectivity index (χ4v) is 2.97. The SMILES string of the molecule is O=C1NCC2CC12c1ccsc1. The number of carbonyl (C=O) groups is 1. The van der Waals surface area contributed by atoms with Crippen molar-refractivity contribution in [3.63, 3.8) is 0 Å². The molecule has 0 radical (unpaired) electrons. The van der Waals surface area contributed by atoms with Crippen LogP contribution in [0.3, 0.4) is 0 Å². The zero-order chi connectivity index (χ0) is 8.18. The Morgan fingerprint density at radius 1 is 1.67 bits per heavy atom. The second-order valence-electron chi connectivity index (χ2n) is 3.59. The van der Waals surface area contributed by atoms with Crippen molar-refractivity contribution in [2.75, 3.05) is 6.54 Å². The molecule has 2 fully saturated rings. The van der Waals surface area contributed by atoms with Crippen LogP contribution < -0.4 is 5.32 Å². The van der Waals surface area contributed by atoms with Gasteiger partial charge < -0.3 is 5.32 Å². The molecule has 2 aliphatic rings. The molecule has 2 unspecified atom stereocenters. The van der Waals surface area contributed by atoms with Crippen LogP contribution >= 0.6 is 11.3 Å². The highest BCUT2D eigenvalue weighted by atomic mass is 32.1. The van der Waals surface area contributed by atoms with Gasteiger partial charge in [0.1, 0.15) is 0 Å². The first-order valence-corrected chi connectivity index (χ1v) is 5.09. The molecule has 2 nitrogen and oxygen atoms in total. The maximum absolute atomic E-state index is 11.5. The minimum absolute atomic E-state index is 0.0972. The third kappa shape index (κ3) is 0.591. The lowest BCUT2D eigenvalue weighted by Crippen LogP contribution is -2.27. The highest BCUT2D eigenvalue weighted by Crippen LogP contribution is 2.57. The fourth-order valence-electron chi connectivity index (χ4n) is 2.23. The van der Waals surface area contributed by atoms with Crippen molar-refractivity contribution in [1.82, 2.24) is 5.32 Å². The normalized spacial score (nSPS) is 37.7. The minimum atomic E-state index is -0.0972. The van der Waals surface area contributed by atoms with Gasteiger partial charge in [-0.3, -0.25) is 4.79 Å². The van der Waals surface area contributed by atoms with Crippen molar-refractivity contribution in [3.05, 3.63) is 22.4 Å². The Morgan fingerprint density at radius 2 is 2.58 bits per heavy atom. The van der Waals surface area contributed by atoms with Gasteiger partial charge in [0.05, 0.1) is 5.41 Å². The molecule has 1 aromatic rings. The van der Waals surface area contributed by atoms with E-state index in [1.165, 1.54) is 5.56 Å². The number of hydrogen-bond donors (Lipinski definition) is 1. The summed E-state index contributed by atoms with van der Waals surface area (Å²) in [5, 5.41) is 7.06. The lowest BCUT2D eigenvalue weighted by Gasteiger charge is -2.06. The van der Waals surface area contributed by atoms with Crippen LogP contribution in [0.5, 0.6) is 0 Å². The van der Waals surface area contributed by atoms with Crippen molar-refractivity contribution < 1.29 is 4.79 Å². The second-order valence-corrected chi connectivity index (χ2v) is 4.37. The van der Waals surface area contributed by atoms with Crippen molar-refractivity contribution in [2.24, 2.45) is 5.92 Å². The molecule has 0 aromatic carbocycles. The number of carbonyl (C=O) groups excluding carboxylic acids is 1. The number of fused-ring (bicyclic) bond motifs is 1. The Bertz CT molecular complexity index is 332. The van der Waals surface area contributed by atoms with Crippen LogP contribution in [0.15, 0.2) is 16.8 Å². The molecule has 62 valence electrons. The highest BCUT2D eigenvalue weighted by Gasteiger charge is 2.64. The third-order valence-corrected chi connectivity index (χ3v) is 3.74. The summed E-state index contributed by atoms with van der Waals surface area (Å²) in [5.74, 6) is 0.825. The minimum Gasteiger partial charge on any atom is -0.355 e. The van der Waals surface area contributed by atoms with E-state index >= 15 is 0 Å². The summed E-state index contributed by atoms with van der Waals surface area (Å²) in [6, 6.07) is 2.08. The average molecular weight is 179 g/mol. The van der Waals surface area contributed by atoms with Crippen molar-refractivity contribution >= 4 is 17.2 Å². The van der Waals surface area contributed by atoms with Gasteiger partial charge in [-0.2, -0.15) is 11.3 Å². The molecule has 3 rings (SSSR count). The van der Waals surface area contributed by atoms with E-state index in [1.807, 2.05) is 5.38 Å². The zero-order valence-electron chi connectivity index (χ0n) is 6.54. The molecule has 3 heteroatoms. The van der Waals surface area contributed by atoms with Gasteiger partial charge in [-0.25, -0.2) is 0 Å². The first-order chi connectivity index (χ1) is 5.84. The molecule has 1 amide bonds. The lowest BCUT2D eigenvalue weighted by molar-refractivity contribution is -0.122. The van der Waals surface area contributed by atoms with Gasteiger partial charge >= 0.3 is 0 Å². The average Bonchev–Trinajstić information content (AvgIpc) is 2.49. The van der Waals surface area contributed by atoms with Crippen LogP contribution in [0.1, 0.15) is 12.0 Å². The molecule has 0 bridgehead atoms. The molecule has 1 aliphatic carbocycles. The van der Waals surface area contributed by atoms with Gasteiger partial charge in [-0.1, -0.05) is 0 Å². The molecule has 1 N–H and O–H groups in total. The molecular weight excluding hydrogens is 170 g/mol. The van der Waals surface area contributed by atoms with Gasteiger partial charge in [0, 0.05) is 6.54 Å². The van der Waals surface area contributed by atoms with E-state index in [1.54, 1.807) is 11.3 Å². The van der Waals surface area contributed by atoms with E-state index in [4.69, 9.17) is 0 Å². The number of thiophene rings is 1. The van der Waals surface area contributed by atoms with E-state index in [0.29, 0.717) is 5.92 Å². The predicted octanol–water partition coefficient (Wildman–Crippen LogP) is 1.14. The van der Waals surface area contributed by atoms with Crippen LogP contribution in [-0.2, 0) is 10.2 Å². The molecule has 12 heavy (non-hydrogen) atoms. The number of amides is 1. The second kappa shape index (κ2) is 1.91. The summed E-state index contributed by atoms with van der Waals surface area (Å²) in [6.07, 6.45) is 1.07. The standard InChI is InChI=1S/C9H9NOS/c11-8-9(3-7(9)4-10-8)6-1-2-12-5-6/h1-2,5,7H,3-4H2,(H,10,11). The Hall–Kier alpha value is -0.830. The van der Waals surface area contributed by atoms with Gasteiger partial charge in [-0.15, -0.1) is 0 Å². The summed E-state index contributed by atoms with van der Waals surface area (Å²) in [7, 11) is 0. The van der Waals surface area contributed by atoms with E-state index in [2.05, 4.69) is 16.8 Å². The zero-order valence-corrected chi connectivity index (χ0v) is 7.36. The highest BCUT2D eigenvalue weighted by molar-refractivity contribution is 7.08. The van der Waals surface area contributed by atoms with Gasteiger partial charge in [0.25, 0.3) is 0 Å². The molecule has 1 saturated heterocycles. The first kappa shape index (κ1) is 6.66. The van der Waals surface area contributed by atoms with Crippen LogP contribution in [0.4, 0.5) is 0 Å². The fraction of sp³-hybridized carbons (Fsp3) is 0.444. The number of piperidine rings is 1. The van der Waals surface area contributed by atoms with E-state index in [-0.39, 0.29) is 11.3 Å². The van der Waals surface area contributed by atoms with Crippen molar-refractivity contribution in [1.29, 1.82) is 0 Å². The smallest absolute Gasteiger partial charge is 0.231 e. The summed E-state index contributed by atoms with van der Waals surface area (Å²) in [6.45, 7) is 0.884. The van der Waals surface area contributed by atoms with Crippen molar-refractivity contribution in [2.45, 2.75) is 11.8 Å². The van der Waals surface area contributed by atoms with E-state index < -0.39 is 0 Å². The van der Waals surface area contributed by atoms with Crippen LogP contribution in [0, 0.1) is 5.92 Å². The van der Waals surface area contributed by atoms with Crippen LogP contribution in [0.2, 0.25) is 0 Å². The molecule has 1 aliphatic heterocycles. The quantitative estimate of drug-likeness (QED) is 0.688. The number of rotatable bonds is 1. The third-order valence-electron chi connectivity index (χ3n) is 3.06. The maximum Gasteiger partial charge on any atom is 0.231 e. The van der Waals surface area contributed by atoms with Crippen molar-refractivity contribution in [3.8, 4) is 0 Å². The first-order valence-electron chi connectivity index (χ1n) is 4.15. The number of nitrogens with one attached hydrogen (secondary N) is 1. The van der Waals surface area contributed by atoms with Gasteiger partial charge in [0.15, 0.2) is 0 Å². The Kier molecular flexibility index (Phi) is 1.06. The molecule has 1 aromatic heterocycles. The number of hydrogen-bond acceptors (Lipinski definition) is 2. The summed E-state index contributed by atoms with van der Waals surface area (Å²) < 4.78 is 0. The molecule has 2 atom stereocenters. The predicted molar refractivity (Wildman–Crippen MR) is 47.1 cm³/mol. The van der Waals surface area contributed by atoms with E-state index in [9.17, 15) is 4.79 Å². The maximum atomic E-state index is 11.5. The molecule has 2 heterocycles. The Balaban J connectivity index is 2.08.